The van der Waals surface area contributed by atoms with Crippen molar-refractivity contribution in [1.29, 1.82) is 0 Å². The normalized spacial score (nSPS) is 19.6. The summed E-state index contributed by atoms with van der Waals surface area (Å²) in [6.07, 6.45) is 5.51. The smallest absolute Gasteiger partial charge is 0.205 e. The molecule has 4 heteroatoms. The van der Waals surface area contributed by atoms with Gasteiger partial charge in [-0.25, -0.2) is 4.98 Å². The molecule has 1 aromatic rings. The Kier molecular flexibility index (Phi) is 3.72. The summed E-state index contributed by atoms with van der Waals surface area (Å²) < 4.78 is 2.14. The first-order valence-electron chi connectivity index (χ1n) is 6.64. The van der Waals surface area contributed by atoms with Crippen LogP contribution in [0.5, 0.6) is 0 Å². The standard InChI is InChI=1S/C13H24N4/c1-4-12-9-16(3)13(15-12)17-7-5-11(6-8-17)10(2)14/h9-11H,4-8,14H2,1-3H3. The van der Waals surface area contributed by atoms with Crippen LogP contribution < -0.4 is 10.6 Å². The highest BCUT2D eigenvalue weighted by molar-refractivity contribution is 5.34. The Morgan fingerprint density at radius 1 is 1.47 bits per heavy atom. The zero-order chi connectivity index (χ0) is 12.4. The predicted octanol–water partition coefficient (Wildman–Crippen LogP) is 1.55. The fourth-order valence-corrected chi connectivity index (χ4v) is 2.61. The lowest BCUT2D eigenvalue weighted by molar-refractivity contribution is 0.351. The highest BCUT2D eigenvalue weighted by atomic mass is 15.3. The van der Waals surface area contributed by atoms with Crippen molar-refractivity contribution in [2.75, 3.05) is 18.0 Å². The fraction of sp³-hybridized carbons (Fsp3) is 0.769. The quantitative estimate of drug-likeness (QED) is 0.866. The van der Waals surface area contributed by atoms with Gasteiger partial charge in [0.05, 0.1) is 5.69 Å². The Morgan fingerprint density at radius 3 is 2.59 bits per heavy atom. The lowest BCUT2D eigenvalue weighted by Crippen LogP contribution is -2.40. The van der Waals surface area contributed by atoms with E-state index >= 15 is 0 Å². The second-order valence-electron chi connectivity index (χ2n) is 5.18. The minimum atomic E-state index is 0.324. The molecule has 0 aliphatic carbocycles. The van der Waals surface area contributed by atoms with Crippen molar-refractivity contribution in [1.82, 2.24) is 9.55 Å². The second-order valence-corrected chi connectivity index (χ2v) is 5.18. The van der Waals surface area contributed by atoms with Crippen molar-refractivity contribution >= 4 is 5.95 Å². The summed E-state index contributed by atoms with van der Waals surface area (Å²) >= 11 is 0. The van der Waals surface area contributed by atoms with Gasteiger partial charge in [0.2, 0.25) is 5.95 Å². The van der Waals surface area contributed by atoms with E-state index in [0.717, 1.165) is 25.5 Å². The zero-order valence-electron chi connectivity index (χ0n) is 11.2. The molecule has 2 rings (SSSR count). The van der Waals surface area contributed by atoms with E-state index in [0.29, 0.717) is 12.0 Å². The number of rotatable bonds is 3. The first kappa shape index (κ1) is 12.4. The molecule has 1 aromatic heterocycles. The summed E-state index contributed by atoms with van der Waals surface area (Å²) in [5, 5.41) is 0. The Labute approximate surface area is 104 Å². The maximum atomic E-state index is 5.97. The van der Waals surface area contributed by atoms with E-state index in [1.54, 1.807) is 0 Å². The molecule has 1 saturated heterocycles. The van der Waals surface area contributed by atoms with E-state index in [-0.39, 0.29) is 0 Å². The maximum absolute atomic E-state index is 5.97. The van der Waals surface area contributed by atoms with Gasteiger partial charge in [-0.1, -0.05) is 6.92 Å². The Balaban J connectivity index is 2.02. The van der Waals surface area contributed by atoms with Crippen LogP contribution in [0.1, 0.15) is 32.4 Å². The molecule has 0 bridgehead atoms. The number of hydrogen-bond acceptors (Lipinski definition) is 3. The molecule has 1 atom stereocenters. The first-order valence-corrected chi connectivity index (χ1v) is 6.64. The van der Waals surface area contributed by atoms with Crippen LogP contribution in [0.4, 0.5) is 5.95 Å². The monoisotopic (exact) mass is 236 g/mol. The topological polar surface area (TPSA) is 47.1 Å². The van der Waals surface area contributed by atoms with Crippen molar-refractivity contribution in [3.05, 3.63) is 11.9 Å². The van der Waals surface area contributed by atoms with Crippen molar-refractivity contribution in [2.24, 2.45) is 18.7 Å². The molecule has 0 aromatic carbocycles. The van der Waals surface area contributed by atoms with Gasteiger partial charge in [0.1, 0.15) is 0 Å². The van der Waals surface area contributed by atoms with Crippen molar-refractivity contribution in [2.45, 2.75) is 39.2 Å². The predicted molar refractivity (Wildman–Crippen MR) is 71.2 cm³/mol. The maximum Gasteiger partial charge on any atom is 0.205 e. The number of aromatic nitrogens is 2. The van der Waals surface area contributed by atoms with Crippen LogP contribution in [-0.2, 0) is 13.5 Å². The van der Waals surface area contributed by atoms with Gasteiger partial charge < -0.3 is 15.2 Å². The molecule has 1 unspecified atom stereocenters. The molecule has 0 saturated carbocycles. The van der Waals surface area contributed by atoms with E-state index in [2.05, 4.69) is 41.5 Å². The van der Waals surface area contributed by atoms with E-state index in [4.69, 9.17) is 5.73 Å². The highest BCUT2D eigenvalue weighted by Gasteiger charge is 2.24. The summed E-state index contributed by atoms with van der Waals surface area (Å²) in [6.45, 7) is 6.44. The molecule has 0 amide bonds. The molecule has 1 aliphatic rings. The summed E-state index contributed by atoms with van der Waals surface area (Å²) in [5.41, 5.74) is 7.15. The summed E-state index contributed by atoms with van der Waals surface area (Å²) in [7, 11) is 2.08. The number of anilines is 1. The van der Waals surface area contributed by atoms with Crippen LogP contribution in [0.15, 0.2) is 6.20 Å². The Morgan fingerprint density at radius 2 is 2.12 bits per heavy atom. The molecular formula is C13H24N4. The minimum absolute atomic E-state index is 0.324. The van der Waals surface area contributed by atoms with Crippen LogP contribution >= 0.6 is 0 Å². The number of aryl methyl sites for hydroxylation is 2. The average molecular weight is 236 g/mol. The molecule has 96 valence electrons. The van der Waals surface area contributed by atoms with E-state index in [9.17, 15) is 0 Å². The number of hydrogen-bond donors (Lipinski definition) is 1. The Bertz CT molecular complexity index is 361. The van der Waals surface area contributed by atoms with Gasteiger partial charge in [0.25, 0.3) is 0 Å². The lowest BCUT2D eigenvalue weighted by Gasteiger charge is -2.34. The van der Waals surface area contributed by atoms with Crippen molar-refractivity contribution < 1.29 is 0 Å². The molecule has 0 spiro atoms. The van der Waals surface area contributed by atoms with Crippen molar-refractivity contribution in [3.63, 3.8) is 0 Å². The van der Waals surface area contributed by atoms with Gasteiger partial charge in [-0.2, -0.15) is 0 Å². The summed E-state index contributed by atoms with van der Waals surface area (Å²) in [6, 6.07) is 0.324. The largest absolute Gasteiger partial charge is 0.342 e. The lowest BCUT2D eigenvalue weighted by atomic mass is 9.91. The second kappa shape index (κ2) is 5.08. The summed E-state index contributed by atoms with van der Waals surface area (Å²) in [4.78, 5) is 7.07. The van der Waals surface area contributed by atoms with E-state index in [1.165, 1.54) is 18.5 Å². The fourth-order valence-electron chi connectivity index (χ4n) is 2.61. The van der Waals surface area contributed by atoms with Gasteiger partial charge in [0, 0.05) is 32.4 Å². The third kappa shape index (κ3) is 2.63. The van der Waals surface area contributed by atoms with Gasteiger partial charge >= 0.3 is 0 Å². The first-order chi connectivity index (χ1) is 8.11. The van der Waals surface area contributed by atoms with Crippen LogP contribution in [0.3, 0.4) is 0 Å². The highest BCUT2D eigenvalue weighted by Crippen LogP contribution is 2.23. The molecule has 4 nitrogen and oxygen atoms in total. The summed E-state index contributed by atoms with van der Waals surface area (Å²) in [5.74, 6) is 1.79. The van der Waals surface area contributed by atoms with Gasteiger partial charge in [0.15, 0.2) is 0 Å². The van der Waals surface area contributed by atoms with Crippen LogP contribution in [0, 0.1) is 5.92 Å². The SMILES string of the molecule is CCc1cn(C)c(N2CCC(C(C)N)CC2)n1. The minimum Gasteiger partial charge on any atom is -0.342 e. The molecule has 2 heterocycles. The number of nitrogens with zero attached hydrogens (tertiary/aromatic N) is 3. The third-order valence-corrected chi connectivity index (χ3v) is 3.83. The number of imidazole rings is 1. The number of piperidine rings is 1. The average Bonchev–Trinajstić information content (AvgIpc) is 2.71. The zero-order valence-corrected chi connectivity index (χ0v) is 11.2. The van der Waals surface area contributed by atoms with E-state index in [1.807, 2.05) is 0 Å². The van der Waals surface area contributed by atoms with E-state index < -0.39 is 0 Å². The van der Waals surface area contributed by atoms with Gasteiger partial charge in [-0.15, -0.1) is 0 Å². The molecule has 0 radical (unpaired) electrons. The molecule has 1 aliphatic heterocycles. The molecular weight excluding hydrogens is 212 g/mol. The molecule has 2 N–H and O–H groups in total. The molecule has 1 fully saturated rings. The third-order valence-electron chi connectivity index (χ3n) is 3.83. The Hall–Kier alpha value is -1.03. The number of nitrogens with two attached hydrogens (primary N) is 1. The molecule has 17 heavy (non-hydrogen) atoms. The van der Waals surface area contributed by atoms with Gasteiger partial charge in [-0.3, -0.25) is 0 Å². The van der Waals surface area contributed by atoms with Crippen LogP contribution in [0.2, 0.25) is 0 Å². The van der Waals surface area contributed by atoms with Gasteiger partial charge in [-0.05, 0) is 32.1 Å². The van der Waals surface area contributed by atoms with Crippen molar-refractivity contribution in [3.8, 4) is 0 Å². The van der Waals surface area contributed by atoms with Crippen LogP contribution in [-0.4, -0.2) is 28.7 Å². The van der Waals surface area contributed by atoms with Crippen LogP contribution in [0.25, 0.3) is 0 Å².